The van der Waals surface area contributed by atoms with Gasteiger partial charge in [-0.1, -0.05) is 24.3 Å². The Morgan fingerprint density at radius 2 is 1.71 bits per heavy atom. The predicted octanol–water partition coefficient (Wildman–Crippen LogP) is 3.55. The minimum atomic E-state index is -0.743. The van der Waals surface area contributed by atoms with Gasteiger partial charge in [0.15, 0.2) is 0 Å². The van der Waals surface area contributed by atoms with E-state index >= 15 is 0 Å². The highest BCUT2D eigenvalue weighted by molar-refractivity contribution is 6.46. The van der Waals surface area contributed by atoms with Gasteiger partial charge in [-0.05, 0) is 43.7 Å². The number of hydrogen-bond acceptors (Lipinski definition) is 6. The van der Waals surface area contributed by atoms with Crippen LogP contribution in [0.25, 0.3) is 5.76 Å². The van der Waals surface area contributed by atoms with Gasteiger partial charge in [0.05, 0.1) is 38.5 Å². The molecule has 31 heavy (non-hydrogen) atoms. The second-order valence-electron chi connectivity index (χ2n) is 7.42. The van der Waals surface area contributed by atoms with Crippen LogP contribution < -0.4 is 9.47 Å². The normalized spacial score (nSPS) is 18.0. The molecule has 0 aromatic heterocycles. The standard InChI is InChI=1S/C24H27NO6/c1-15(2)31-13-12-25-21(16-8-10-18(29-3)11-9-16)20(23(27)24(25)28)22(26)17-6-5-7-19(14-17)30-4/h5-11,14-15,21,26H,12-13H2,1-4H3/b22-20-. The first kappa shape index (κ1) is 22.4. The summed E-state index contributed by atoms with van der Waals surface area (Å²) in [6.07, 6.45) is -0.00644. The van der Waals surface area contributed by atoms with Crippen molar-refractivity contribution in [2.45, 2.75) is 26.0 Å². The van der Waals surface area contributed by atoms with Crippen molar-refractivity contribution in [3.05, 3.63) is 65.2 Å². The summed E-state index contributed by atoms with van der Waals surface area (Å²) >= 11 is 0. The van der Waals surface area contributed by atoms with Crippen LogP contribution in [0.4, 0.5) is 0 Å². The SMILES string of the molecule is COc1ccc(C2/C(=C(/O)c3cccc(OC)c3)C(=O)C(=O)N2CCOC(C)C)cc1. The van der Waals surface area contributed by atoms with Crippen LogP contribution in [-0.4, -0.2) is 55.2 Å². The van der Waals surface area contributed by atoms with E-state index in [4.69, 9.17) is 14.2 Å². The lowest BCUT2D eigenvalue weighted by Crippen LogP contribution is -2.33. The van der Waals surface area contributed by atoms with E-state index in [9.17, 15) is 14.7 Å². The van der Waals surface area contributed by atoms with Crippen LogP contribution in [0.1, 0.15) is 31.0 Å². The Bertz CT molecular complexity index is 980. The molecule has 164 valence electrons. The molecule has 7 nitrogen and oxygen atoms in total. The zero-order valence-corrected chi connectivity index (χ0v) is 18.1. The van der Waals surface area contributed by atoms with E-state index in [0.29, 0.717) is 22.6 Å². The fraction of sp³-hybridized carbons (Fsp3) is 0.333. The fourth-order valence-corrected chi connectivity index (χ4v) is 3.56. The molecule has 2 aromatic carbocycles. The third-order valence-corrected chi connectivity index (χ3v) is 5.10. The summed E-state index contributed by atoms with van der Waals surface area (Å²) in [5.74, 6) is -0.463. The third-order valence-electron chi connectivity index (χ3n) is 5.10. The van der Waals surface area contributed by atoms with Crippen LogP contribution in [-0.2, 0) is 14.3 Å². The summed E-state index contributed by atoms with van der Waals surface area (Å²) in [6, 6.07) is 13.1. The molecule has 0 bridgehead atoms. The van der Waals surface area contributed by atoms with E-state index in [1.807, 2.05) is 13.8 Å². The number of hydrogen-bond donors (Lipinski definition) is 1. The highest BCUT2D eigenvalue weighted by atomic mass is 16.5. The molecule has 1 fully saturated rings. The number of ketones is 1. The molecule has 1 atom stereocenters. The summed E-state index contributed by atoms with van der Waals surface area (Å²) < 4.78 is 16.0. The molecule has 1 heterocycles. The lowest BCUT2D eigenvalue weighted by molar-refractivity contribution is -0.140. The number of carbonyl (C=O) groups excluding carboxylic acids is 2. The molecule has 0 spiro atoms. The average molecular weight is 425 g/mol. The molecule has 2 aromatic rings. The smallest absolute Gasteiger partial charge is 0.295 e. The van der Waals surface area contributed by atoms with Crippen LogP contribution in [0.5, 0.6) is 11.5 Å². The lowest BCUT2D eigenvalue weighted by Gasteiger charge is -2.25. The van der Waals surface area contributed by atoms with Crippen molar-refractivity contribution < 1.29 is 28.9 Å². The molecule has 1 unspecified atom stereocenters. The summed E-state index contributed by atoms with van der Waals surface area (Å²) in [6.45, 7) is 4.29. The zero-order chi connectivity index (χ0) is 22.5. The van der Waals surface area contributed by atoms with E-state index in [1.54, 1.807) is 55.6 Å². The first-order chi connectivity index (χ1) is 14.9. The van der Waals surface area contributed by atoms with Crippen LogP contribution in [0, 0.1) is 0 Å². The number of rotatable bonds is 8. The highest BCUT2D eigenvalue weighted by Gasteiger charge is 2.45. The Labute approximate surface area is 181 Å². The predicted molar refractivity (Wildman–Crippen MR) is 116 cm³/mol. The molecule has 1 N–H and O–H groups in total. The van der Waals surface area contributed by atoms with Gasteiger partial charge in [-0.2, -0.15) is 0 Å². The van der Waals surface area contributed by atoms with Gasteiger partial charge in [0.25, 0.3) is 11.7 Å². The van der Waals surface area contributed by atoms with Crippen LogP contribution in [0.2, 0.25) is 0 Å². The van der Waals surface area contributed by atoms with Gasteiger partial charge in [0, 0.05) is 12.1 Å². The molecule has 1 amide bonds. The summed E-state index contributed by atoms with van der Waals surface area (Å²) in [7, 11) is 3.08. The van der Waals surface area contributed by atoms with Gasteiger partial charge in [0.2, 0.25) is 0 Å². The van der Waals surface area contributed by atoms with Crippen molar-refractivity contribution in [2.24, 2.45) is 0 Å². The second kappa shape index (κ2) is 9.66. The topological polar surface area (TPSA) is 85.3 Å². The maximum Gasteiger partial charge on any atom is 0.295 e. The minimum absolute atomic E-state index is 0.00644. The van der Waals surface area contributed by atoms with Crippen molar-refractivity contribution in [1.82, 2.24) is 4.90 Å². The van der Waals surface area contributed by atoms with E-state index in [-0.39, 0.29) is 30.6 Å². The number of likely N-dealkylation sites (tertiary alicyclic amines) is 1. The molecule has 7 heteroatoms. The third kappa shape index (κ3) is 4.72. The Morgan fingerprint density at radius 3 is 2.32 bits per heavy atom. The van der Waals surface area contributed by atoms with E-state index in [0.717, 1.165) is 0 Å². The Kier molecular flexibility index (Phi) is 6.97. The fourth-order valence-electron chi connectivity index (χ4n) is 3.56. The minimum Gasteiger partial charge on any atom is -0.507 e. The number of carbonyl (C=O) groups is 2. The number of nitrogens with zero attached hydrogens (tertiary/aromatic N) is 1. The van der Waals surface area contributed by atoms with Gasteiger partial charge < -0.3 is 24.2 Å². The summed E-state index contributed by atoms with van der Waals surface area (Å²) in [5, 5.41) is 11.1. The van der Waals surface area contributed by atoms with Crippen LogP contribution in [0.3, 0.4) is 0 Å². The van der Waals surface area contributed by atoms with Gasteiger partial charge >= 0.3 is 0 Å². The Morgan fingerprint density at radius 1 is 1.03 bits per heavy atom. The monoisotopic (exact) mass is 425 g/mol. The van der Waals surface area contributed by atoms with Gasteiger partial charge in [0.1, 0.15) is 17.3 Å². The van der Waals surface area contributed by atoms with Crippen molar-refractivity contribution in [2.75, 3.05) is 27.4 Å². The summed E-state index contributed by atoms with van der Waals surface area (Å²) in [4.78, 5) is 27.3. The van der Waals surface area contributed by atoms with Crippen molar-refractivity contribution in [1.29, 1.82) is 0 Å². The molecule has 0 saturated carbocycles. The van der Waals surface area contributed by atoms with Gasteiger partial charge in [-0.3, -0.25) is 9.59 Å². The number of aliphatic hydroxyl groups is 1. The Balaban J connectivity index is 2.09. The molecule has 1 saturated heterocycles. The first-order valence-corrected chi connectivity index (χ1v) is 10.1. The second-order valence-corrected chi connectivity index (χ2v) is 7.42. The van der Waals surface area contributed by atoms with E-state index in [2.05, 4.69) is 0 Å². The van der Waals surface area contributed by atoms with Crippen molar-refractivity contribution >= 4 is 17.4 Å². The van der Waals surface area contributed by atoms with Crippen LogP contribution >= 0.6 is 0 Å². The quantitative estimate of drug-likeness (QED) is 0.396. The van der Waals surface area contributed by atoms with E-state index in [1.165, 1.54) is 12.0 Å². The average Bonchev–Trinajstić information content (AvgIpc) is 3.03. The number of Topliss-reactive ketones (excluding diaryl/α,β-unsaturated/α-hetero) is 1. The molecule has 3 rings (SSSR count). The number of methoxy groups -OCH3 is 2. The van der Waals surface area contributed by atoms with Gasteiger partial charge in [-0.15, -0.1) is 0 Å². The lowest BCUT2D eigenvalue weighted by atomic mass is 9.95. The van der Waals surface area contributed by atoms with Gasteiger partial charge in [-0.25, -0.2) is 0 Å². The summed E-state index contributed by atoms with van der Waals surface area (Å²) in [5.41, 5.74) is 1.12. The molecule has 0 radical (unpaired) electrons. The molecular formula is C24H27NO6. The number of aliphatic hydroxyl groups excluding tert-OH is 1. The van der Waals surface area contributed by atoms with Crippen LogP contribution in [0.15, 0.2) is 54.1 Å². The number of ether oxygens (including phenoxy) is 3. The van der Waals surface area contributed by atoms with Crippen molar-refractivity contribution in [3.63, 3.8) is 0 Å². The first-order valence-electron chi connectivity index (χ1n) is 10.1. The number of amides is 1. The zero-order valence-electron chi connectivity index (χ0n) is 18.1. The molecule has 1 aliphatic heterocycles. The highest BCUT2D eigenvalue weighted by Crippen LogP contribution is 2.40. The molecule has 0 aliphatic carbocycles. The molecule has 1 aliphatic rings. The largest absolute Gasteiger partial charge is 0.507 e. The maximum absolute atomic E-state index is 13.0. The maximum atomic E-state index is 13.0. The Hall–Kier alpha value is -3.32. The van der Waals surface area contributed by atoms with E-state index < -0.39 is 17.7 Å². The molecular weight excluding hydrogens is 398 g/mol. The van der Waals surface area contributed by atoms with Crippen molar-refractivity contribution in [3.8, 4) is 11.5 Å². The number of benzene rings is 2.